The number of aliphatic hydroxyl groups is 1. The minimum Gasteiger partial charge on any atom is -0.391 e. The molecule has 104 valence electrons. The van der Waals surface area contributed by atoms with E-state index in [9.17, 15) is 9.90 Å². The van der Waals surface area contributed by atoms with Crippen LogP contribution >= 0.6 is 23.2 Å². The summed E-state index contributed by atoms with van der Waals surface area (Å²) in [5.41, 5.74) is 0.394. The molecule has 2 unspecified atom stereocenters. The molecule has 0 bridgehead atoms. The van der Waals surface area contributed by atoms with Gasteiger partial charge in [-0.05, 0) is 25.0 Å². The summed E-state index contributed by atoms with van der Waals surface area (Å²) in [5.74, 6) is -0.197. The second kappa shape index (κ2) is 6.07. The number of nitrogens with zero attached hydrogens (tertiary/aromatic N) is 2. The summed E-state index contributed by atoms with van der Waals surface area (Å²) in [6.45, 7) is 0. The highest BCUT2D eigenvalue weighted by molar-refractivity contribution is 6.33. The van der Waals surface area contributed by atoms with Gasteiger partial charge in [0.15, 0.2) is 0 Å². The van der Waals surface area contributed by atoms with E-state index in [-0.39, 0.29) is 22.3 Å². The van der Waals surface area contributed by atoms with Gasteiger partial charge in [0.25, 0.3) is 5.91 Å². The van der Waals surface area contributed by atoms with Gasteiger partial charge >= 0.3 is 0 Å². The molecule has 2 atom stereocenters. The minimum atomic E-state index is -0.463. The molecule has 4 nitrogen and oxygen atoms in total. The van der Waals surface area contributed by atoms with Crippen molar-refractivity contribution < 1.29 is 9.90 Å². The number of aliphatic hydroxyl groups excluding tert-OH is 1. The minimum absolute atomic E-state index is 0.146. The van der Waals surface area contributed by atoms with Crippen LogP contribution < -0.4 is 0 Å². The van der Waals surface area contributed by atoms with Crippen LogP contribution in [0.25, 0.3) is 0 Å². The fourth-order valence-electron chi connectivity index (χ4n) is 2.49. The number of rotatable bonds is 2. The standard InChI is InChI=1S/C13H16Cl2N2O2/c1-17(9-4-2-3-5-10(9)18)13(19)8-6-11(14)16-12(15)7-8/h6-7,9-10,18H,2-5H2,1H3. The average Bonchev–Trinajstić information content (AvgIpc) is 2.36. The molecular weight excluding hydrogens is 287 g/mol. The van der Waals surface area contributed by atoms with E-state index in [1.165, 1.54) is 12.1 Å². The topological polar surface area (TPSA) is 53.4 Å². The molecule has 1 saturated carbocycles. The monoisotopic (exact) mass is 302 g/mol. The number of pyridine rings is 1. The molecule has 1 amide bonds. The Labute approximate surface area is 122 Å². The first-order chi connectivity index (χ1) is 8.99. The number of carbonyl (C=O) groups excluding carboxylic acids is 1. The summed E-state index contributed by atoms with van der Waals surface area (Å²) in [7, 11) is 1.70. The molecule has 0 aromatic carbocycles. The van der Waals surface area contributed by atoms with Gasteiger partial charge in [-0.3, -0.25) is 4.79 Å². The number of hydrogen-bond donors (Lipinski definition) is 1. The predicted octanol–water partition coefficient (Wildman–Crippen LogP) is 2.76. The third-order valence-electron chi connectivity index (χ3n) is 3.52. The number of amides is 1. The smallest absolute Gasteiger partial charge is 0.254 e. The Morgan fingerprint density at radius 2 is 1.89 bits per heavy atom. The van der Waals surface area contributed by atoms with Crippen molar-refractivity contribution in [1.29, 1.82) is 0 Å². The Bertz CT molecular complexity index is 461. The van der Waals surface area contributed by atoms with Gasteiger partial charge in [-0.15, -0.1) is 0 Å². The molecule has 1 aromatic heterocycles. The van der Waals surface area contributed by atoms with Crippen LogP contribution in [0.5, 0.6) is 0 Å². The first-order valence-corrected chi connectivity index (χ1v) is 7.03. The molecule has 1 aliphatic carbocycles. The molecule has 1 aliphatic rings. The van der Waals surface area contributed by atoms with Crippen molar-refractivity contribution in [1.82, 2.24) is 9.88 Å². The molecule has 0 radical (unpaired) electrons. The molecule has 0 spiro atoms. The Morgan fingerprint density at radius 1 is 1.32 bits per heavy atom. The highest BCUT2D eigenvalue weighted by Gasteiger charge is 2.30. The van der Waals surface area contributed by atoms with Crippen LogP contribution in [0.3, 0.4) is 0 Å². The number of aromatic nitrogens is 1. The van der Waals surface area contributed by atoms with Crippen molar-refractivity contribution in [2.45, 2.75) is 37.8 Å². The van der Waals surface area contributed by atoms with Crippen LogP contribution in [-0.4, -0.2) is 40.1 Å². The lowest BCUT2D eigenvalue weighted by Gasteiger charge is -2.35. The third-order valence-corrected chi connectivity index (χ3v) is 3.91. The van der Waals surface area contributed by atoms with E-state index in [2.05, 4.69) is 4.98 Å². The number of carbonyl (C=O) groups is 1. The highest BCUT2D eigenvalue weighted by atomic mass is 35.5. The molecule has 6 heteroatoms. The Hall–Kier alpha value is -0.840. The quantitative estimate of drug-likeness (QED) is 0.855. The molecular formula is C13H16Cl2N2O2. The first-order valence-electron chi connectivity index (χ1n) is 6.27. The van der Waals surface area contributed by atoms with Crippen molar-refractivity contribution in [3.05, 3.63) is 28.0 Å². The maximum atomic E-state index is 12.4. The second-order valence-electron chi connectivity index (χ2n) is 4.84. The van der Waals surface area contributed by atoms with Gasteiger partial charge in [0.05, 0.1) is 12.1 Å². The van der Waals surface area contributed by atoms with Crippen molar-refractivity contribution >= 4 is 29.1 Å². The Morgan fingerprint density at radius 3 is 2.47 bits per heavy atom. The van der Waals surface area contributed by atoms with Crippen LogP contribution in [0.15, 0.2) is 12.1 Å². The van der Waals surface area contributed by atoms with E-state index in [4.69, 9.17) is 23.2 Å². The van der Waals surface area contributed by atoms with Gasteiger partial charge in [0.1, 0.15) is 10.3 Å². The van der Waals surface area contributed by atoms with Gasteiger partial charge < -0.3 is 10.0 Å². The van der Waals surface area contributed by atoms with Crippen LogP contribution in [-0.2, 0) is 0 Å². The van der Waals surface area contributed by atoms with E-state index in [0.29, 0.717) is 5.56 Å². The maximum Gasteiger partial charge on any atom is 0.254 e. The summed E-state index contributed by atoms with van der Waals surface area (Å²) in [6.07, 6.45) is 3.12. The molecule has 19 heavy (non-hydrogen) atoms. The van der Waals surface area contributed by atoms with Crippen LogP contribution in [0, 0.1) is 0 Å². The number of likely N-dealkylation sites (N-methyl/N-ethyl adjacent to an activating group) is 1. The van der Waals surface area contributed by atoms with E-state index >= 15 is 0 Å². The lowest BCUT2D eigenvalue weighted by atomic mass is 9.91. The summed E-state index contributed by atoms with van der Waals surface area (Å²) >= 11 is 11.6. The summed E-state index contributed by atoms with van der Waals surface area (Å²) in [5, 5.41) is 10.4. The molecule has 0 aliphatic heterocycles. The highest BCUT2D eigenvalue weighted by Crippen LogP contribution is 2.24. The van der Waals surface area contributed by atoms with Crippen molar-refractivity contribution in [3.8, 4) is 0 Å². The zero-order valence-corrected chi connectivity index (χ0v) is 12.2. The lowest BCUT2D eigenvalue weighted by Crippen LogP contribution is -2.46. The van der Waals surface area contributed by atoms with Gasteiger partial charge in [-0.1, -0.05) is 36.0 Å². The Kier molecular flexibility index (Phi) is 4.66. The van der Waals surface area contributed by atoms with E-state index < -0.39 is 6.10 Å². The molecule has 1 aromatic rings. The predicted molar refractivity (Wildman–Crippen MR) is 74.6 cm³/mol. The van der Waals surface area contributed by atoms with E-state index in [1.54, 1.807) is 11.9 Å². The molecule has 0 saturated heterocycles. The zero-order chi connectivity index (χ0) is 14.0. The van der Waals surface area contributed by atoms with Crippen LogP contribution in [0.1, 0.15) is 36.0 Å². The maximum absolute atomic E-state index is 12.4. The van der Waals surface area contributed by atoms with Gasteiger partial charge in [-0.25, -0.2) is 4.98 Å². The zero-order valence-electron chi connectivity index (χ0n) is 10.6. The van der Waals surface area contributed by atoms with Gasteiger partial charge in [0, 0.05) is 12.6 Å². The number of halogens is 2. The summed E-state index contributed by atoms with van der Waals surface area (Å²) < 4.78 is 0. The third kappa shape index (κ3) is 3.38. The van der Waals surface area contributed by atoms with Gasteiger partial charge in [0.2, 0.25) is 0 Å². The Balaban J connectivity index is 2.18. The molecule has 1 N–H and O–H groups in total. The van der Waals surface area contributed by atoms with Crippen molar-refractivity contribution in [2.75, 3.05) is 7.05 Å². The molecule has 1 heterocycles. The molecule has 1 fully saturated rings. The summed E-state index contributed by atoms with van der Waals surface area (Å²) in [4.78, 5) is 17.8. The van der Waals surface area contributed by atoms with Crippen LogP contribution in [0.4, 0.5) is 0 Å². The second-order valence-corrected chi connectivity index (χ2v) is 5.61. The SMILES string of the molecule is CN(C(=O)c1cc(Cl)nc(Cl)c1)C1CCCCC1O. The van der Waals surface area contributed by atoms with Crippen molar-refractivity contribution in [2.24, 2.45) is 0 Å². The van der Waals surface area contributed by atoms with E-state index in [0.717, 1.165) is 25.7 Å². The van der Waals surface area contributed by atoms with Crippen LogP contribution in [0.2, 0.25) is 10.3 Å². The first kappa shape index (κ1) is 14.6. The molecule has 2 rings (SSSR count). The summed E-state index contributed by atoms with van der Waals surface area (Å²) in [6, 6.07) is 2.83. The normalized spacial score (nSPS) is 23.2. The number of hydrogen-bond acceptors (Lipinski definition) is 3. The van der Waals surface area contributed by atoms with Crippen molar-refractivity contribution in [3.63, 3.8) is 0 Å². The van der Waals surface area contributed by atoms with E-state index in [1.807, 2.05) is 0 Å². The fraction of sp³-hybridized carbons (Fsp3) is 0.538. The lowest BCUT2D eigenvalue weighted by molar-refractivity contribution is 0.0268. The van der Waals surface area contributed by atoms with Gasteiger partial charge in [-0.2, -0.15) is 0 Å². The average molecular weight is 303 g/mol. The largest absolute Gasteiger partial charge is 0.391 e. The fourth-order valence-corrected chi connectivity index (χ4v) is 2.95.